The maximum atomic E-state index is 2.56. The van der Waals surface area contributed by atoms with Gasteiger partial charge in [0.25, 0.3) is 0 Å². The number of fused-ring (bicyclic) bond motifs is 31. The van der Waals surface area contributed by atoms with E-state index in [1.54, 1.807) is 0 Å². The number of para-hydroxylation sites is 7. The molecule has 0 amide bonds. The Labute approximate surface area is 776 Å². The average Bonchev–Trinajstić information content (AvgIpc) is 1.52. The van der Waals surface area contributed by atoms with Crippen LogP contribution in [0.25, 0.3) is 113 Å². The summed E-state index contributed by atoms with van der Waals surface area (Å²) in [5.41, 5.74) is 49.9. The molecule has 2 heterocycles. The average molecular weight is 1690 g/mol. The molecule has 0 saturated carbocycles. The van der Waals surface area contributed by atoms with Gasteiger partial charge in [0.2, 0.25) is 0 Å². The van der Waals surface area contributed by atoms with Crippen molar-refractivity contribution in [3.05, 3.63) is 551 Å². The summed E-state index contributed by atoms with van der Waals surface area (Å²) in [5.74, 6) is 0. The SMILES string of the molecule is C1=Cc2ccccc2C2(c3ccccc31)c1ccccc1-c1c(N(c3ccc4c(c3)-c3ccccc3N(c3ccccc3)c3ccccc3-4)c3ccccc3-c3ccccc3)cccc12.CC1(C)c2ccccc2-c2ccc(N(c3ccc4c(c3)-c3ccccc3N(c3ccccc3)c3ccccc3-4)c3cccc4c3-c3ccccc3C43c4ccccc4C=Cc4ccccc43)cc21. The van der Waals surface area contributed by atoms with Gasteiger partial charge in [-0.2, -0.15) is 0 Å². The minimum Gasteiger partial charge on any atom is -0.310 e. The molecule has 2 spiro atoms. The van der Waals surface area contributed by atoms with Crippen molar-refractivity contribution in [1.29, 1.82) is 0 Å². The fourth-order valence-corrected chi connectivity index (χ4v) is 23.7. The molecule has 133 heavy (non-hydrogen) atoms. The first-order chi connectivity index (χ1) is 65.8. The number of hydrogen-bond donors (Lipinski definition) is 0. The molecule has 4 heteroatoms. The van der Waals surface area contributed by atoms with Crippen molar-refractivity contribution >= 4 is 92.6 Å². The monoisotopic (exact) mass is 1690 g/mol. The molecule has 0 radical (unpaired) electrons. The van der Waals surface area contributed by atoms with Crippen LogP contribution in [0.15, 0.2) is 473 Å². The Morgan fingerprint density at radius 3 is 0.910 bits per heavy atom. The summed E-state index contributed by atoms with van der Waals surface area (Å²) in [6.45, 7) is 4.77. The fraction of sp³-hybridized carbons (Fsp3) is 0.0388. The van der Waals surface area contributed by atoms with Gasteiger partial charge in [-0.1, -0.05) is 408 Å². The molecular formula is C129H88N4. The minimum absolute atomic E-state index is 0.180. The zero-order valence-electron chi connectivity index (χ0n) is 73.6. The van der Waals surface area contributed by atoms with Crippen LogP contribution in [0.3, 0.4) is 0 Å². The molecule has 0 saturated heterocycles. The highest BCUT2D eigenvalue weighted by molar-refractivity contribution is 6.09. The van der Waals surface area contributed by atoms with E-state index in [2.05, 4.69) is 531 Å². The predicted octanol–water partition coefficient (Wildman–Crippen LogP) is 34.2. The van der Waals surface area contributed by atoms with Crippen molar-refractivity contribution in [3.63, 3.8) is 0 Å². The van der Waals surface area contributed by atoms with Crippen molar-refractivity contribution in [3.8, 4) is 89.0 Å². The number of anilines is 12. The first-order valence-electron chi connectivity index (χ1n) is 46.4. The van der Waals surface area contributed by atoms with E-state index >= 15 is 0 Å². The molecular weight excluding hydrogens is 1610 g/mol. The summed E-state index contributed by atoms with van der Waals surface area (Å²) in [6.07, 6.45) is 9.24. The van der Waals surface area contributed by atoms with Gasteiger partial charge < -0.3 is 19.6 Å². The second-order valence-corrected chi connectivity index (χ2v) is 36.3. The number of rotatable bonds is 9. The second kappa shape index (κ2) is 30.6. The first kappa shape index (κ1) is 77.2. The quantitative estimate of drug-likeness (QED) is 0.143. The van der Waals surface area contributed by atoms with Crippen molar-refractivity contribution in [2.45, 2.75) is 30.1 Å². The Bertz CT molecular complexity index is 8110. The Kier molecular flexibility index (Phi) is 17.8. The van der Waals surface area contributed by atoms with Crippen LogP contribution >= 0.6 is 0 Å². The van der Waals surface area contributed by atoms with E-state index in [4.69, 9.17) is 0 Å². The van der Waals surface area contributed by atoms with Gasteiger partial charge in [-0.25, -0.2) is 0 Å². The lowest BCUT2D eigenvalue weighted by Crippen LogP contribution is -2.30. The van der Waals surface area contributed by atoms with Crippen LogP contribution in [0.5, 0.6) is 0 Å². The van der Waals surface area contributed by atoms with E-state index in [-0.39, 0.29) is 5.41 Å². The molecule has 7 aliphatic rings. The maximum absolute atomic E-state index is 2.56. The van der Waals surface area contributed by atoms with Crippen LogP contribution in [0.1, 0.15) is 91.7 Å². The van der Waals surface area contributed by atoms with Crippen molar-refractivity contribution in [2.75, 3.05) is 19.6 Å². The molecule has 20 aromatic carbocycles. The smallest absolute Gasteiger partial charge is 0.0725 e. The Balaban J connectivity index is 0.000000139. The molecule has 624 valence electrons. The second-order valence-electron chi connectivity index (χ2n) is 36.3. The van der Waals surface area contributed by atoms with Crippen LogP contribution in [0.4, 0.5) is 68.2 Å². The molecule has 20 aromatic rings. The molecule has 0 unspecified atom stereocenters. The topological polar surface area (TPSA) is 13.0 Å². The van der Waals surface area contributed by atoms with Gasteiger partial charge in [-0.05, 0) is 231 Å². The molecule has 0 atom stereocenters. The Hall–Kier alpha value is -16.9. The van der Waals surface area contributed by atoms with Crippen LogP contribution in [0.2, 0.25) is 0 Å². The van der Waals surface area contributed by atoms with Crippen LogP contribution in [-0.2, 0) is 16.2 Å². The maximum Gasteiger partial charge on any atom is 0.0725 e. The van der Waals surface area contributed by atoms with Gasteiger partial charge in [-0.3, -0.25) is 0 Å². The van der Waals surface area contributed by atoms with E-state index in [9.17, 15) is 0 Å². The molecule has 4 nitrogen and oxygen atoms in total. The van der Waals surface area contributed by atoms with E-state index < -0.39 is 10.8 Å². The third-order valence-corrected chi connectivity index (χ3v) is 29.3. The fourth-order valence-electron chi connectivity index (χ4n) is 23.7. The summed E-state index contributed by atoms with van der Waals surface area (Å²) in [5, 5.41) is 0. The first-order valence-corrected chi connectivity index (χ1v) is 46.4. The highest BCUT2D eigenvalue weighted by atomic mass is 15.2. The highest BCUT2D eigenvalue weighted by Gasteiger charge is 2.52. The lowest BCUT2D eigenvalue weighted by Gasteiger charge is -2.36. The molecule has 27 rings (SSSR count). The van der Waals surface area contributed by atoms with Gasteiger partial charge in [0.05, 0.1) is 50.6 Å². The lowest BCUT2D eigenvalue weighted by molar-refractivity contribution is 0.660. The standard InChI is InChI=1S/C66H46N2.C63H42N2/c1-65(2)57-29-14-8-23-49(57)50-40-38-47(42-60(50)65)67(46-37-39-48-51-24-10-16-32-61(51)68(45-21-4-3-5-22-45)62-33-17-11-25-52(62)54(48)41-46)63-34-18-31-59-64(63)53-26-9-15-30-58(53)66(59)55-27-12-6-19-43(55)35-36-44-20-7-13-28-56(44)66;1-3-20-43(21-4-1)48-26-10-16-34-58(48)65(47-40-41-49-50-27-11-17-35-59(50)64(46-24-5-2-6-25-46)60-36-18-12-28-51(60)53(49)42-47)61-37-19-33-57-62(61)52-29-9-15-32-56(52)63(57)54-30-13-7-22-44(54)38-39-45-23-8-14-31-55(45)63/h3-42H,1-2H3;1-42H. The van der Waals surface area contributed by atoms with Crippen LogP contribution in [0, 0.1) is 0 Å². The van der Waals surface area contributed by atoms with E-state index in [1.165, 1.54) is 161 Å². The summed E-state index contributed by atoms with van der Waals surface area (Å²) in [6, 6.07) is 176. The zero-order chi connectivity index (χ0) is 88.0. The number of hydrogen-bond acceptors (Lipinski definition) is 4. The van der Waals surface area contributed by atoms with Crippen LogP contribution in [-0.4, -0.2) is 0 Å². The van der Waals surface area contributed by atoms with E-state index in [0.717, 1.165) is 73.8 Å². The van der Waals surface area contributed by atoms with Crippen molar-refractivity contribution < 1.29 is 0 Å². The van der Waals surface area contributed by atoms with Gasteiger partial charge in [0, 0.05) is 72.8 Å². The Morgan fingerprint density at radius 1 is 0.180 bits per heavy atom. The summed E-state index contributed by atoms with van der Waals surface area (Å²) < 4.78 is 0. The Morgan fingerprint density at radius 2 is 0.474 bits per heavy atom. The van der Waals surface area contributed by atoms with Crippen molar-refractivity contribution in [1.82, 2.24) is 0 Å². The van der Waals surface area contributed by atoms with Gasteiger partial charge in [-0.15, -0.1) is 0 Å². The molecule has 2 aliphatic heterocycles. The molecule has 0 N–H and O–H groups in total. The van der Waals surface area contributed by atoms with E-state index in [1.807, 2.05) is 0 Å². The minimum atomic E-state index is -0.555. The summed E-state index contributed by atoms with van der Waals surface area (Å²) in [7, 11) is 0. The zero-order valence-corrected chi connectivity index (χ0v) is 73.6. The van der Waals surface area contributed by atoms with Gasteiger partial charge >= 0.3 is 0 Å². The predicted molar refractivity (Wildman–Crippen MR) is 556 cm³/mol. The van der Waals surface area contributed by atoms with Crippen LogP contribution < -0.4 is 19.6 Å². The van der Waals surface area contributed by atoms with E-state index in [0.29, 0.717) is 0 Å². The third kappa shape index (κ3) is 11.6. The number of nitrogens with zero attached hydrogens (tertiary/aromatic N) is 4. The third-order valence-electron chi connectivity index (χ3n) is 29.3. The van der Waals surface area contributed by atoms with Crippen molar-refractivity contribution in [2.24, 2.45) is 0 Å². The highest BCUT2D eigenvalue weighted by Crippen LogP contribution is 2.66. The van der Waals surface area contributed by atoms with Gasteiger partial charge in [0.15, 0.2) is 0 Å². The largest absolute Gasteiger partial charge is 0.310 e. The normalized spacial score (nSPS) is 13.9. The molecule has 0 fully saturated rings. The molecule has 0 bridgehead atoms. The molecule has 5 aliphatic carbocycles. The van der Waals surface area contributed by atoms with Gasteiger partial charge in [0.1, 0.15) is 0 Å². The number of benzene rings is 20. The lowest BCUT2D eigenvalue weighted by atomic mass is 9.66. The summed E-state index contributed by atoms with van der Waals surface area (Å²) in [4.78, 5) is 9.96. The molecule has 0 aromatic heterocycles. The summed E-state index contributed by atoms with van der Waals surface area (Å²) >= 11 is 0.